The number of ether oxygens (including phenoxy) is 1. The maximum atomic E-state index is 12.4. The van der Waals surface area contributed by atoms with E-state index in [2.05, 4.69) is 10.6 Å². The van der Waals surface area contributed by atoms with Crippen molar-refractivity contribution in [2.45, 2.75) is 13.8 Å². The van der Waals surface area contributed by atoms with Crippen LogP contribution < -0.4 is 15.4 Å². The van der Waals surface area contributed by atoms with Crippen LogP contribution in [-0.4, -0.2) is 43.5 Å². The highest BCUT2D eigenvalue weighted by atomic mass is 16.5. The van der Waals surface area contributed by atoms with Gasteiger partial charge in [-0.2, -0.15) is 0 Å². The van der Waals surface area contributed by atoms with E-state index in [1.165, 1.54) is 0 Å². The lowest BCUT2D eigenvalue weighted by molar-refractivity contribution is -0.114. The van der Waals surface area contributed by atoms with E-state index >= 15 is 0 Å². The van der Waals surface area contributed by atoms with Crippen LogP contribution in [0.5, 0.6) is 5.75 Å². The van der Waals surface area contributed by atoms with Gasteiger partial charge in [0.2, 0.25) is 5.91 Å². The summed E-state index contributed by atoms with van der Waals surface area (Å²) in [5.41, 5.74) is 1.90. The molecule has 0 heterocycles. The summed E-state index contributed by atoms with van der Waals surface area (Å²) in [7, 11) is 1.58. The summed E-state index contributed by atoms with van der Waals surface area (Å²) >= 11 is 0. The fraction of sp³-hybridized carbons (Fsp3) is 0.300. The first-order chi connectivity index (χ1) is 12.6. The Balaban J connectivity index is 1.99. The van der Waals surface area contributed by atoms with Gasteiger partial charge in [0.15, 0.2) is 0 Å². The molecule has 6 nitrogen and oxygen atoms in total. The highest BCUT2D eigenvalue weighted by molar-refractivity contribution is 5.98. The third kappa shape index (κ3) is 4.99. The molecule has 0 saturated carbocycles. The van der Waals surface area contributed by atoms with Crippen LogP contribution in [-0.2, 0) is 4.79 Å². The fourth-order valence-electron chi connectivity index (χ4n) is 2.59. The number of hydrogen-bond acceptors (Lipinski definition) is 4. The van der Waals surface area contributed by atoms with Crippen molar-refractivity contribution in [3.8, 4) is 5.75 Å². The van der Waals surface area contributed by atoms with Gasteiger partial charge in [-0.25, -0.2) is 0 Å². The Morgan fingerprint density at radius 2 is 1.77 bits per heavy atom. The number of nitrogens with one attached hydrogen (secondary N) is 2. The average Bonchev–Trinajstić information content (AvgIpc) is 2.67. The lowest BCUT2D eigenvalue weighted by Gasteiger charge is -2.19. The van der Waals surface area contributed by atoms with E-state index in [4.69, 9.17) is 4.74 Å². The lowest BCUT2D eigenvalue weighted by Crippen LogP contribution is -2.30. The molecule has 0 radical (unpaired) electrons. The monoisotopic (exact) mass is 355 g/mol. The molecule has 0 aliphatic heterocycles. The zero-order valence-electron chi connectivity index (χ0n) is 15.4. The molecule has 2 rings (SSSR count). The molecule has 2 aromatic rings. The van der Waals surface area contributed by atoms with E-state index in [9.17, 15) is 9.59 Å². The molecule has 138 valence electrons. The molecule has 0 atom stereocenters. The van der Waals surface area contributed by atoms with Gasteiger partial charge < -0.3 is 20.3 Å². The average molecular weight is 355 g/mol. The smallest absolute Gasteiger partial charge is 0.253 e. The second-order valence-corrected chi connectivity index (χ2v) is 5.66. The van der Waals surface area contributed by atoms with Gasteiger partial charge in [-0.1, -0.05) is 18.2 Å². The quantitative estimate of drug-likeness (QED) is 0.763. The van der Waals surface area contributed by atoms with Crippen LogP contribution >= 0.6 is 0 Å². The Hall–Kier alpha value is -3.02. The van der Waals surface area contributed by atoms with Crippen LogP contribution in [0, 0.1) is 0 Å². The van der Waals surface area contributed by atoms with Gasteiger partial charge in [0.25, 0.3) is 5.91 Å². The summed E-state index contributed by atoms with van der Waals surface area (Å²) in [6.45, 7) is 5.27. The van der Waals surface area contributed by atoms with Crippen molar-refractivity contribution in [1.29, 1.82) is 0 Å². The topological polar surface area (TPSA) is 70.7 Å². The Morgan fingerprint density at radius 3 is 2.46 bits per heavy atom. The molecular weight excluding hydrogens is 330 g/mol. The molecule has 0 saturated heterocycles. The van der Waals surface area contributed by atoms with E-state index in [-0.39, 0.29) is 18.4 Å². The first kappa shape index (κ1) is 19.3. The zero-order chi connectivity index (χ0) is 18.9. The number of carbonyl (C=O) groups excluding carboxylic acids is 2. The van der Waals surface area contributed by atoms with Crippen LogP contribution in [0.15, 0.2) is 48.5 Å². The molecule has 0 unspecified atom stereocenters. The molecule has 6 heteroatoms. The van der Waals surface area contributed by atoms with E-state index in [0.717, 1.165) is 5.69 Å². The van der Waals surface area contributed by atoms with Crippen molar-refractivity contribution < 1.29 is 14.3 Å². The molecular formula is C20H25N3O3. The van der Waals surface area contributed by atoms with Crippen LogP contribution in [0.25, 0.3) is 0 Å². The number of methoxy groups -OCH3 is 1. The van der Waals surface area contributed by atoms with Crippen LogP contribution in [0.4, 0.5) is 11.4 Å². The Bertz CT molecular complexity index is 757. The summed E-state index contributed by atoms with van der Waals surface area (Å²) in [5.74, 6) is 0.425. The minimum Gasteiger partial charge on any atom is -0.495 e. The van der Waals surface area contributed by atoms with Gasteiger partial charge in [-0.15, -0.1) is 0 Å². The predicted octanol–water partition coefficient (Wildman–Crippen LogP) is 3.23. The second-order valence-electron chi connectivity index (χ2n) is 5.66. The first-order valence-electron chi connectivity index (χ1n) is 8.65. The number of amides is 2. The van der Waals surface area contributed by atoms with Gasteiger partial charge in [-0.3, -0.25) is 9.59 Å². The highest BCUT2D eigenvalue weighted by Gasteiger charge is 2.13. The van der Waals surface area contributed by atoms with Gasteiger partial charge in [0.05, 0.1) is 19.3 Å². The molecule has 0 spiro atoms. The SMILES string of the molecule is CCN(CC)C(=O)c1cccc(NC(=O)CNc2ccccc2OC)c1. The summed E-state index contributed by atoms with van der Waals surface area (Å²) in [6, 6.07) is 14.4. The maximum absolute atomic E-state index is 12.4. The minimum atomic E-state index is -0.205. The zero-order valence-corrected chi connectivity index (χ0v) is 15.4. The van der Waals surface area contributed by atoms with Crippen LogP contribution in [0.2, 0.25) is 0 Å². The number of benzene rings is 2. The lowest BCUT2D eigenvalue weighted by atomic mass is 10.1. The molecule has 2 aromatic carbocycles. The van der Waals surface area contributed by atoms with Crippen LogP contribution in [0.1, 0.15) is 24.2 Å². The normalized spacial score (nSPS) is 10.1. The summed E-state index contributed by atoms with van der Waals surface area (Å²) in [4.78, 5) is 26.4. The van der Waals surface area contributed by atoms with E-state index in [1.54, 1.807) is 36.3 Å². The molecule has 0 aromatic heterocycles. The largest absolute Gasteiger partial charge is 0.495 e. The molecule has 0 fully saturated rings. The van der Waals surface area contributed by atoms with E-state index in [1.807, 2.05) is 38.1 Å². The van der Waals surface area contributed by atoms with Crippen molar-refractivity contribution in [3.63, 3.8) is 0 Å². The number of hydrogen-bond donors (Lipinski definition) is 2. The second kappa shape index (κ2) is 9.46. The highest BCUT2D eigenvalue weighted by Crippen LogP contribution is 2.22. The molecule has 2 amide bonds. The Morgan fingerprint density at radius 1 is 1.04 bits per heavy atom. The number of rotatable bonds is 8. The van der Waals surface area contributed by atoms with Gasteiger partial charge >= 0.3 is 0 Å². The van der Waals surface area contributed by atoms with Gasteiger partial charge in [-0.05, 0) is 44.2 Å². The maximum Gasteiger partial charge on any atom is 0.253 e. The van der Waals surface area contributed by atoms with Crippen molar-refractivity contribution in [1.82, 2.24) is 4.90 Å². The summed E-state index contributed by atoms with van der Waals surface area (Å²) < 4.78 is 5.25. The first-order valence-corrected chi connectivity index (χ1v) is 8.65. The fourth-order valence-corrected chi connectivity index (χ4v) is 2.59. The van der Waals surface area contributed by atoms with Crippen molar-refractivity contribution in [3.05, 3.63) is 54.1 Å². The van der Waals surface area contributed by atoms with Crippen molar-refractivity contribution >= 4 is 23.2 Å². The Kier molecular flexibility index (Phi) is 7.02. The van der Waals surface area contributed by atoms with Gasteiger partial charge in [0, 0.05) is 24.3 Å². The standard InChI is InChI=1S/C20H25N3O3/c1-4-23(5-2)20(25)15-9-8-10-16(13-15)22-19(24)14-21-17-11-6-7-12-18(17)26-3/h6-13,21H,4-5,14H2,1-3H3,(H,22,24). The third-order valence-electron chi connectivity index (χ3n) is 3.99. The van der Waals surface area contributed by atoms with Crippen molar-refractivity contribution in [2.24, 2.45) is 0 Å². The minimum absolute atomic E-state index is 0.0433. The third-order valence-corrected chi connectivity index (χ3v) is 3.99. The molecule has 0 aliphatic rings. The predicted molar refractivity (Wildman–Crippen MR) is 104 cm³/mol. The molecule has 26 heavy (non-hydrogen) atoms. The summed E-state index contributed by atoms with van der Waals surface area (Å²) in [5, 5.41) is 5.85. The number of carbonyl (C=O) groups is 2. The number of nitrogens with zero attached hydrogens (tertiary/aromatic N) is 1. The number of anilines is 2. The number of para-hydroxylation sites is 2. The van der Waals surface area contributed by atoms with Gasteiger partial charge in [0.1, 0.15) is 5.75 Å². The van der Waals surface area contributed by atoms with Crippen molar-refractivity contribution in [2.75, 3.05) is 37.4 Å². The molecule has 0 aliphatic carbocycles. The van der Waals surface area contributed by atoms with Crippen LogP contribution in [0.3, 0.4) is 0 Å². The Labute approximate surface area is 154 Å². The van der Waals surface area contributed by atoms with E-state index in [0.29, 0.717) is 30.1 Å². The summed E-state index contributed by atoms with van der Waals surface area (Å²) in [6.07, 6.45) is 0. The molecule has 0 bridgehead atoms. The molecule has 2 N–H and O–H groups in total. The van der Waals surface area contributed by atoms with E-state index < -0.39 is 0 Å².